The van der Waals surface area contributed by atoms with E-state index >= 15 is 0 Å². The van der Waals surface area contributed by atoms with Gasteiger partial charge in [0.15, 0.2) is 5.69 Å². The molecule has 0 bridgehead atoms. The Bertz CT molecular complexity index is 607. The van der Waals surface area contributed by atoms with Gasteiger partial charge >= 0.3 is 5.97 Å². The van der Waals surface area contributed by atoms with Crippen LogP contribution in [0.2, 0.25) is 0 Å². The van der Waals surface area contributed by atoms with Crippen LogP contribution >= 0.6 is 0 Å². The fourth-order valence-electron chi connectivity index (χ4n) is 1.65. The van der Waals surface area contributed by atoms with Crippen molar-refractivity contribution in [3.63, 3.8) is 0 Å². The maximum absolute atomic E-state index is 13.8. The molecule has 1 aromatic heterocycles. The van der Waals surface area contributed by atoms with E-state index in [-0.39, 0.29) is 11.3 Å². The van der Waals surface area contributed by atoms with Gasteiger partial charge in [0, 0.05) is 18.7 Å². The van der Waals surface area contributed by atoms with Crippen LogP contribution in [0.25, 0.3) is 11.3 Å². The monoisotopic (exact) mass is 250 g/mol. The van der Waals surface area contributed by atoms with Crippen molar-refractivity contribution in [2.24, 2.45) is 7.05 Å². The Morgan fingerprint density at radius 3 is 2.67 bits per heavy atom. The summed E-state index contributed by atoms with van der Waals surface area (Å²) >= 11 is 0. The molecule has 0 aliphatic carbocycles. The normalized spacial score (nSPS) is 10.4. The molecule has 1 aromatic carbocycles. The molecule has 2 aromatic rings. The van der Waals surface area contributed by atoms with Crippen molar-refractivity contribution < 1.29 is 19.0 Å². The van der Waals surface area contributed by atoms with Crippen LogP contribution < -0.4 is 4.74 Å². The first kappa shape index (κ1) is 12.1. The van der Waals surface area contributed by atoms with Gasteiger partial charge in [-0.3, -0.25) is 4.68 Å². The van der Waals surface area contributed by atoms with Crippen molar-refractivity contribution in [3.05, 3.63) is 35.8 Å². The highest BCUT2D eigenvalue weighted by atomic mass is 19.1. The van der Waals surface area contributed by atoms with E-state index in [4.69, 9.17) is 9.84 Å². The molecule has 0 saturated heterocycles. The first-order valence-electron chi connectivity index (χ1n) is 5.14. The van der Waals surface area contributed by atoms with Gasteiger partial charge in [-0.25, -0.2) is 9.18 Å². The van der Waals surface area contributed by atoms with Gasteiger partial charge in [0.1, 0.15) is 11.6 Å². The topological polar surface area (TPSA) is 64.3 Å². The van der Waals surface area contributed by atoms with E-state index in [1.54, 1.807) is 13.1 Å². The molecule has 1 N–H and O–H groups in total. The highest BCUT2D eigenvalue weighted by Gasteiger charge is 2.15. The molecule has 0 spiro atoms. The third-order valence-corrected chi connectivity index (χ3v) is 2.55. The minimum absolute atomic E-state index is 0.122. The maximum atomic E-state index is 13.8. The third kappa shape index (κ3) is 2.04. The number of aryl methyl sites for hydroxylation is 1. The average Bonchev–Trinajstić information content (AvgIpc) is 2.71. The standard InChI is InChI=1S/C12H11FN2O3/c1-15-11(6-10(14-15)12(16)17)8-4-3-7(18-2)5-9(8)13/h3-6H,1-2H3,(H,16,17). The Morgan fingerprint density at radius 2 is 2.17 bits per heavy atom. The molecular formula is C12H11FN2O3. The number of hydrogen-bond donors (Lipinski definition) is 1. The summed E-state index contributed by atoms with van der Waals surface area (Å²) in [6.45, 7) is 0. The molecule has 0 atom stereocenters. The van der Waals surface area contributed by atoms with Crippen LogP contribution in [-0.4, -0.2) is 28.0 Å². The number of aromatic carboxylic acids is 1. The predicted molar refractivity (Wildman–Crippen MR) is 62.1 cm³/mol. The second-order valence-corrected chi connectivity index (χ2v) is 3.69. The highest BCUT2D eigenvalue weighted by molar-refractivity contribution is 5.87. The Balaban J connectivity index is 2.51. The van der Waals surface area contributed by atoms with E-state index in [0.29, 0.717) is 11.4 Å². The van der Waals surface area contributed by atoms with Crippen LogP contribution in [0.5, 0.6) is 5.75 Å². The quantitative estimate of drug-likeness (QED) is 0.904. The van der Waals surface area contributed by atoms with Crippen LogP contribution in [0.4, 0.5) is 4.39 Å². The minimum atomic E-state index is -1.15. The zero-order chi connectivity index (χ0) is 13.3. The lowest BCUT2D eigenvalue weighted by molar-refractivity contribution is 0.0689. The number of halogens is 1. The van der Waals surface area contributed by atoms with E-state index in [1.165, 1.54) is 30.0 Å². The van der Waals surface area contributed by atoms with Crippen LogP contribution in [-0.2, 0) is 7.05 Å². The number of nitrogens with zero attached hydrogens (tertiary/aromatic N) is 2. The lowest BCUT2D eigenvalue weighted by atomic mass is 10.1. The molecule has 0 amide bonds. The Morgan fingerprint density at radius 1 is 1.44 bits per heavy atom. The van der Waals surface area contributed by atoms with Gasteiger partial charge < -0.3 is 9.84 Å². The van der Waals surface area contributed by atoms with E-state index in [9.17, 15) is 9.18 Å². The maximum Gasteiger partial charge on any atom is 0.356 e. The smallest absolute Gasteiger partial charge is 0.356 e. The molecule has 0 aliphatic heterocycles. The first-order chi connectivity index (χ1) is 8.52. The summed E-state index contributed by atoms with van der Waals surface area (Å²) in [5.41, 5.74) is 0.550. The number of carbonyl (C=O) groups is 1. The predicted octanol–water partition coefficient (Wildman–Crippen LogP) is 1.93. The Labute approximate surface area is 102 Å². The number of ether oxygens (including phenoxy) is 1. The summed E-state index contributed by atoms with van der Waals surface area (Å²) in [5, 5.41) is 12.6. The summed E-state index contributed by atoms with van der Waals surface area (Å²) in [4.78, 5) is 10.8. The summed E-state index contributed by atoms with van der Waals surface area (Å²) in [6.07, 6.45) is 0. The van der Waals surface area contributed by atoms with E-state index in [0.717, 1.165) is 0 Å². The summed E-state index contributed by atoms with van der Waals surface area (Å²) in [7, 11) is 3.01. The third-order valence-electron chi connectivity index (χ3n) is 2.55. The molecule has 2 rings (SSSR count). The largest absolute Gasteiger partial charge is 0.497 e. The number of aromatic nitrogens is 2. The molecule has 94 valence electrons. The second-order valence-electron chi connectivity index (χ2n) is 3.69. The molecule has 18 heavy (non-hydrogen) atoms. The minimum Gasteiger partial charge on any atom is -0.497 e. The van der Waals surface area contributed by atoms with Gasteiger partial charge in [-0.1, -0.05) is 0 Å². The summed E-state index contributed by atoms with van der Waals surface area (Å²) in [5.74, 6) is -1.24. The zero-order valence-electron chi connectivity index (χ0n) is 9.85. The lowest BCUT2D eigenvalue weighted by Gasteiger charge is -2.05. The van der Waals surface area contributed by atoms with Crippen molar-refractivity contribution in [1.82, 2.24) is 9.78 Å². The Kier molecular flexibility index (Phi) is 3.01. The van der Waals surface area contributed by atoms with Crippen LogP contribution in [0.15, 0.2) is 24.3 Å². The number of hydrogen-bond acceptors (Lipinski definition) is 3. The zero-order valence-corrected chi connectivity index (χ0v) is 9.85. The molecule has 1 heterocycles. The fraction of sp³-hybridized carbons (Fsp3) is 0.167. The molecule has 6 heteroatoms. The number of carboxylic acids is 1. The second kappa shape index (κ2) is 4.48. The number of benzene rings is 1. The van der Waals surface area contributed by atoms with E-state index in [1.807, 2.05) is 0 Å². The van der Waals surface area contributed by atoms with Crippen molar-refractivity contribution in [2.75, 3.05) is 7.11 Å². The number of methoxy groups -OCH3 is 1. The molecule has 0 unspecified atom stereocenters. The van der Waals surface area contributed by atoms with Gasteiger partial charge in [-0.05, 0) is 18.2 Å². The average molecular weight is 250 g/mol. The van der Waals surface area contributed by atoms with E-state index in [2.05, 4.69) is 5.10 Å². The van der Waals surface area contributed by atoms with Crippen LogP contribution in [0.1, 0.15) is 10.5 Å². The Hall–Kier alpha value is -2.37. The summed E-state index contributed by atoms with van der Waals surface area (Å²) < 4.78 is 20.1. The lowest BCUT2D eigenvalue weighted by Crippen LogP contribution is -1.99. The van der Waals surface area contributed by atoms with Gasteiger partial charge in [0.2, 0.25) is 0 Å². The molecular weight excluding hydrogens is 239 g/mol. The highest BCUT2D eigenvalue weighted by Crippen LogP contribution is 2.26. The number of rotatable bonds is 3. The SMILES string of the molecule is COc1ccc(-c2cc(C(=O)O)nn2C)c(F)c1. The molecule has 5 nitrogen and oxygen atoms in total. The summed E-state index contributed by atoms with van der Waals surface area (Å²) in [6, 6.07) is 5.69. The fourth-order valence-corrected chi connectivity index (χ4v) is 1.65. The number of carboxylic acid groups (broad SMARTS) is 1. The first-order valence-corrected chi connectivity index (χ1v) is 5.14. The molecule has 0 fully saturated rings. The molecule has 0 saturated carbocycles. The van der Waals surface area contributed by atoms with Crippen molar-refractivity contribution >= 4 is 5.97 Å². The van der Waals surface area contributed by atoms with Gasteiger partial charge in [-0.2, -0.15) is 5.10 Å². The van der Waals surface area contributed by atoms with Crippen molar-refractivity contribution in [3.8, 4) is 17.0 Å². The molecule has 0 aliphatic rings. The van der Waals surface area contributed by atoms with Crippen LogP contribution in [0.3, 0.4) is 0 Å². The van der Waals surface area contributed by atoms with Gasteiger partial charge in [-0.15, -0.1) is 0 Å². The van der Waals surface area contributed by atoms with E-state index < -0.39 is 11.8 Å². The van der Waals surface area contributed by atoms with Gasteiger partial charge in [0.25, 0.3) is 0 Å². The van der Waals surface area contributed by atoms with Crippen LogP contribution in [0, 0.1) is 5.82 Å². The molecule has 0 radical (unpaired) electrons. The van der Waals surface area contributed by atoms with Crippen molar-refractivity contribution in [1.29, 1.82) is 0 Å². The van der Waals surface area contributed by atoms with Crippen molar-refractivity contribution in [2.45, 2.75) is 0 Å². The van der Waals surface area contributed by atoms with Gasteiger partial charge in [0.05, 0.1) is 12.8 Å².